The van der Waals surface area contributed by atoms with E-state index in [2.05, 4.69) is 36.2 Å². The fraction of sp³-hybridized carbons (Fsp3) is 0.480. The van der Waals surface area contributed by atoms with E-state index in [1.807, 2.05) is 12.1 Å². The Kier molecular flexibility index (Phi) is 8.18. The van der Waals surface area contributed by atoms with Crippen LogP contribution in [0.25, 0.3) is 0 Å². The molecule has 1 aliphatic rings. The van der Waals surface area contributed by atoms with Crippen molar-refractivity contribution in [3.8, 4) is 17.2 Å². The number of amides is 1. The van der Waals surface area contributed by atoms with Crippen LogP contribution in [0.5, 0.6) is 17.2 Å². The summed E-state index contributed by atoms with van der Waals surface area (Å²) in [5, 5.41) is 3.12. The molecule has 31 heavy (non-hydrogen) atoms. The molecule has 0 spiro atoms. The van der Waals surface area contributed by atoms with Crippen molar-refractivity contribution in [2.75, 3.05) is 40.5 Å². The number of hydrogen-bond donors (Lipinski definition) is 1. The van der Waals surface area contributed by atoms with Crippen molar-refractivity contribution in [3.05, 3.63) is 53.6 Å². The summed E-state index contributed by atoms with van der Waals surface area (Å²) in [5.41, 5.74) is 1.74. The van der Waals surface area contributed by atoms with Crippen LogP contribution in [0.2, 0.25) is 0 Å². The van der Waals surface area contributed by atoms with Gasteiger partial charge in [-0.15, -0.1) is 0 Å². The highest BCUT2D eigenvalue weighted by Gasteiger charge is 2.24. The van der Waals surface area contributed by atoms with Crippen LogP contribution in [-0.2, 0) is 0 Å². The van der Waals surface area contributed by atoms with E-state index in [9.17, 15) is 4.79 Å². The molecule has 1 fully saturated rings. The monoisotopic (exact) mass is 426 g/mol. The van der Waals surface area contributed by atoms with Gasteiger partial charge in [0.25, 0.3) is 5.91 Å². The standard InChI is InChI=1S/C25H34N2O4/c1-18(2)17-31-23-12-9-20(15-24(23)30-4)25(28)26-16-22(27-13-5-6-14-27)19-7-10-21(29-3)11-8-19/h7-12,15,18,22H,5-6,13-14,16-17H2,1-4H3,(H,26,28). The highest BCUT2D eigenvalue weighted by atomic mass is 16.5. The van der Waals surface area contributed by atoms with Gasteiger partial charge in [0.2, 0.25) is 0 Å². The van der Waals surface area contributed by atoms with Gasteiger partial charge in [-0.05, 0) is 67.7 Å². The Morgan fingerprint density at radius 3 is 2.32 bits per heavy atom. The van der Waals surface area contributed by atoms with Gasteiger partial charge < -0.3 is 19.5 Å². The first-order valence-electron chi connectivity index (χ1n) is 11.0. The van der Waals surface area contributed by atoms with Crippen LogP contribution in [0.1, 0.15) is 48.7 Å². The van der Waals surface area contributed by atoms with E-state index in [1.54, 1.807) is 32.4 Å². The molecule has 1 amide bonds. The van der Waals surface area contributed by atoms with Gasteiger partial charge in [-0.25, -0.2) is 0 Å². The maximum Gasteiger partial charge on any atom is 0.251 e. The summed E-state index contributed by atoms with van der Waals surface area (Å²) in [6.45, 7) is 7.41. The van der Waals surface area contributed by atoms with Crippen molar-refractivity contribution >= 4 is 5.91 Å². The summed E-state index contributed by atoms with van der Waals surface area (Å²) in [6, 6.07) is 13.6. The van der Waals surface area contributed by atoms with Crippen molar-refractivity contribution in [1.82, 2.24) is 10.2 Å². The molecule has 2 aromatic carbocycles. The maximum absolute atomic E-state index is 12.9. The molecule has 1 saturated heterocycles. The van der Waals surface area contributed by atoms with Gasteiger partial charge in [0.1, 0.15) is 5.75 Å². The molecule has 168 valence electrons. The number of rotatable bonds is 10. The summed E-state index contributed by atoms with van der Waals surface area (Å²) in [4.78, 5) is 15.3. The zero-order valence-electron chi connectivity index (χ0n) is 19.0. The fourth-order valence-electron chi connectivity index (χ4n) is 3.81. The molecule has 0 bridgehead atoms. The zero-order valence-corrected chi connectivity index (χ0v) is 19.0. The first-order valence-corrected chi connectivity index (χ1v) is 11.0. The predicted molar refractivity (Wildman–Crippen MR) is 122 cm³/mol. The quantitative estimate of drug-likeness (QED) is 0.614. The number of nitrogens with one attached hydrogen (secondary N) is 1. The smallest absolute Gasteiger partial charge is 0.251 e. The van der Waals surface area contributed by atoms with E-state index >= 15 is 0 Å². The number of benzene rings is 2. The van der Waals surface area contributed by atoms with Gasteiger partial charge in [-0.2, -0.15) is 0 Å². The van der Waals surface area contributed by atoms with Crippen LogP contribution >= 0.6 is 0 Å². The Morgan fingerprint density at radius 1 is 1.00 bits per heavy atom. The van der Waals surface area contributed by atoms with E-state index in [0.29, 0.717) is 36.1 Å². The highest BCUT2D eigenvalue weighted by molar-refractivity contribution is 5.94. The van der Waals surface area contributed by atoms with Crippen molar-refractivity contribution in [3.63, 3.8) is 0 Å². The van der Waals surface area contributed by atoms with Gasteiger partial charge in [-0.3, -0.25) is 9.69 Å². The topological polar surface area (TPSA) is 60.0 Å². The molecular formula is C25H34N2O4. The number of likely N-dealkylation sites (tertiary alicyclic amines) is 1. The molecule has 0 radical (unpaired) electrons. The normalized spacial score (nSPS) is 15.0. The molecule has 0 aromatic heterocycles. The van der Waals surface area contributed by atoms with Crippen molar-refractivity contribution < 1.29 is 19.0 Å². The molecule has 1 atom stereocenters. The van der Waals surface area contributed by atoms with Crippen molar-refractivity contribution in [2.45, 2.75) is 32.7 Å². The first kappa shape index (κ1) is 22.9. The molecular weight excluding hydrogens is 392 g/mol. The Labute approximate surface area is 185 Å². The van der Waals surface area contributed by atoms with E-state index in [-0.39, 0.29) is 11.9 Å². The number of methoxy groups -OCH3 is 2. The van der Waals surface area contributed by atoms with E-state index in [4.69, 9.17) is 14.2 Å². The molecule has 3 rings (SSSR count). The minimum atomic E-state index is -0.119. The third kappa shape index (κ3) is 6.14. The van der Waals surface area contributed by atoms with E-state index in [0.717, 1.165) is 18.8 Å². The van der Waals surface area contributed by atoms with Crippen LogP contribution in [0, 0.1) is 5.92 Å². The minimum absolute atomic E-state index is 0.119. The molecule has 0 saturated carbocycles. The summed E-state index contributed by atoms with van der Waals surface area (Å²) < 4.78 is 16.5. The Hall–Kier alpha value is -2.73. The summed E-state index contributed by atoms with van der Waals surface area (Å²) >= 11 is 0. The second kappa shape index (κ2) is 11.0. The molecule has 0 aliphatic carbocycles. The number of carbonyl (C=O) groups is 1. The van der Waals surface area contributed by atoms with E-state index in [1.165, 1.54) is 18.4 Å². The summed E-state index contributed by atoms with van der Waals surface area (Å²) in [5.74, 6) is 2.35. The van der Waals surface area contributed by atoms with Crippen LogP contribution in [0.4, 0.5) is 0 Å². The third-order valence-electron chi connectivity index (χ3n) is 5.54. The fourth-order valence-corrected chi connectivity index (χ4v) is 3.81. The Morgan fingerprint density at radius 2 is 1.71 bits per heavy atom. The lowest BCUT2D eigenvalue weighted by Crippen LogP contribution is -2.36. The number of carbonyl (C=O) groups excluding carboxylic acids is 1. The molecule has 2 aromatic rings. The van der Waals surface area contributed by atoms with Gasteiger partial charge in [0.15, 0.2) is 11.5 Å². The molecule has 1 heterocycles. The molecule has 1 N–H and O–H groups in total. The predicted octanol–water partition coefficient (Wildman–Crippen LogP) is 4.31. The highest BCUT2D eigenvalue weighted by Crippen LogP contribution is 2.29. The second-order valence-corrected chi connectivity index (χ2v) is 8.31. The van der Waals surface area contributed by atoms with Gasteiger partial charge in [0.05, 0.1) is 26.9 Å². The van der Waals surface area contributed by atoms with Crippen LogP contribution in [0.15, 0.2) is 42.5 Å². The summed E-state index contributed by atoms with van der Waals surface area (Å²) in [7, 11) is 3.26. The average Bonchev–Trinajstić information content (AvgIpc) is 3.32. The molecule has 6 heteroatoms. The number of hydrogen-bond acceptors (Lipinski definition) is 5. The van der Waals surface area contributed by atoms with Gasteiger partial charge in [0, 0.05) is 12.1 Å². The SMILES string of the molecule is COc1ccc(C(CNC(=O)c2ccc(OCC(C)C)c(OC)c2)N2CCCC2)cc1. The van der Waals surface area contributed by atoms with Gasteiger partial charge in [-0.1, -0.05) is 26.0 Å². The van der Waals surface area contributed by atoms with Gasteiger partial charge >= 0.3 is 0 Å². The average molecular weight is 427 g/mol. The third-order valence-corrected chi connectivity index (χ3v) is 5.54. The van der Waals surface area contributed by atoms with E-state index < -0.39 is 0 Å². The lowest BCUT2D eigenvalue weighted by molar-refractivity contribution is 0.0937. The lowest BCUT2D eigenvalue weighted by atomic mass is 10.0. The van der Waals surface area contributed by atoms with Crippen LogP contribution in [0.3, 0.4) is 0 Å². The van der Waals surface area contributed by atoms with Crippen LogP contribution < -0.4 is 19.5 Å². The van der Waals surface area contributed by atoms with Crippen LogP contribution in [-0.4, -0.2) is 51.3 Å². The van der Waals surface area contributed by atoms with Crippen molar-refractivity contribution in [1.29, 1.82) is 0 Å². The minimum Gasteiger partial charge on any atom is -0.497 e. The second-order valence-electron chi connectivity index (χ2n) is 8.31. The number of nitrogens with zero attached hydrogens (tertiary/aromatic N) is 1. The Balaban J connectivity index is 1.69. The first-order chi connectivity index (χ1) is 15.0. The zero-order chi connectivity index (χ0) is 22.2. The Bertz CT molecular complexity index is 845. The number of ether oxygens (including phenoxy) is 3. The maximum atomic E-state index is 12.9. The largest absolute Gasteiger partial charge is 0.497 e. The molecule has 1 aliphatic heterocycles. The summed E-state index contributed by atoms with van der Waals surface area (Å²) in [6.07, 6.45) is 2.38. The molecule has 6 nitrogen and oxygen atoms in total. The molecule has 1 unspecified atom stereocenters. The lowest BCUT2D eigenvalue weighted by Gasteiger charge is -2.28. The van der Waals surface area contributed by atoms with Crippen molar-refractivity contribution in [2.24, 2.45) is 5.92 Å².